The average Bonchev–Trinajstić information content (AvgIpc) is 2.46. The first-order chi connectivity index (χ1) is 9.18. The number of benzene rings is 2. The molecule has 2 aromatic carbocycles. The molecule has 2 N–H and O–H groups in total. The monoisotopic (exact) mass is 316 g/mol. The summed E-state index contributed by atoms with van der Waals surface area (Å²) in [5.74, 6) is -0.0313. The molecule has 19 heavy (non-hydrogen) atoms. The summed E-state index contributed by atoms with van der Waals surface area (Å²) in [6.07, 6.45) is 0. The summed E-state index contributed by atoms with van der Waals surface area (Å²) in [6.45, 7) is 0. The molecule has 3 nitrogen and oxygen atoms in total. The van der Waals surface area contributed by atoms with Gasteiger partial charge in [-0.25, -0.2) is 0 Å². The second-order valence-electron chi connectivity index (χ2n) is 4.57. The largest absolute Gasteiger partial charge is 0.318 e. The van der Waals surface area contributed by atoms with Gasteiger partial charge >= 0.3 is 0 Å². The topological polar surface area (TPSA) is 46.3 Å². The molecule has 0 aliphatic carbocycles. The van der Waals surface area contributed by atoms with E-state index in [1.54, 1.807) is 4.90 Å². The molecule has 96 valence electrons. The molecule has 2 atom stereocenters. The van der Waals surface area contributed by atoms with Gasteiger partial charge in [-0.05, 0) is 29.8 Å². The lowest BCUT2D eigenvalue weighted by Crippen LogP contribution is -2.63. The number of carbonyl (C=O) groups is 1. The van der Waals surface area contributed by atoms with Crippen LogP contribution < -0.4 is 10.6 Å². The Hall–Kier alpha value is -1.65. The first-order valence-electron chi connectivity index (χ1n) is 6.07. The van der Waals surface area contributed by atoms with Gasteiger partial charge in [0, 0.05) is 10.2 Å². The van der Waals surface area contributed by atoms with Crippen LogP contribution in [-0.4, -0.2) is 11.9 Å². The van der Waals surface area contributed by atoms with E-state index in [9.17, 15) is 4.79 Å². The number of β-lactam (4-membered cyclic amide) rings is 1. The van der Waals surface area contributed by atoms with Crippen LogP contribution in [-0.2, 0) is 4.79 Å². The third-order valence-electron chi connectivity index (χ3n) is 3.39. The number of nitrogens with two attached hydrogens (primary N) is 1. The quantitative estimate of drug-likeness (QED) is 0.866. The average molecular weight is 317 g/mol. The van der Waals surface area contributed by atoms with E-state index < -0.39 is 6.04 Å². The van der Waals surface area contributed by atoms with E-state index in [4.69, 9.17) is 5.73 Å². The highest BCUT2D eigenvalue weighted by Gasteiger charge is 2.46. The Kier molecular flexibility index (Phi) is 3.12. The van der Waals surface area contributed by atoms with Crippen molar-refractivity contribution >= 4 is 27.5 Å². The number of rotatable bonds is 2. The van der Waals surface area contributed by atoms with Crippen LogP contribution >= 0.6 is 15.9 Å². The van der Waals surface area contributed by atoms with E-state index >= 15 is 0 Å². The van der Waals surface area contributed by atoms with Crippen LogP contribution in [0.1, 0.15) is 11.6 Å². The molecule has 1 fully saturated rings. The molecule has 0 radical (unpaired) electrons. The van der Waals surface area contributed by atoms with Crippen molar-refractivity contribution in [2.45, 2.75) is 12.1 Å². The van der Waals surface area contributed by atoms with Crippen LogP contribution in [0.5, 0.6) is 0 Å². The summed E-state index contributed by atoms with van der Waals surface area (Å²) in [5, 5.41) is 0. The number of amides is 1. The van der Waals surface area contributed by atoms with Crippen LogP contribution in [0, 0.1) is 0 Å². The van der Waals surface area contributed by atoms with E-state index in [1.165, 1.54) is 0 Å². The fourth-order valence-corrected chi connectivity index (χ4v) is 2.67. The molecule has 1 aliphatic heterocycles. The number of carbonyl (C=O) groups excluding carboxylic acids is 1. The van der Waals surface area contributed by atoms with Crippen molar-refractivity contribution in [1.29, 1.82) is 0 Å². The molecule has 0 unspecified atom stereocenters. The molecule has 0 saturated carbocycles. The van der Waals surface area contributed by atoms with E-state index in [1.807, 2.05) is 54.6 Å². The molecular weight excluding hydrogens is 304 g/mol. The van der Waals surface area contributed by atoms with Gasteiger partial charge in [0.2, 0.25) is 5.91 Å². The van der Waals surface area contributed by atoms with Gasteiger partial charge in [0.1, 0.15) is 6.04 Å². The standard InChI is InChI=1S/C15H13BrN2O/c16-11-6-8-12(9-7-11)18-14(13(17)15(18)19)10-4-2-1-3-5-10/h1-9,13-14H,17H2/t13-,14-/m1/s1. The van der Waals surface area contributed by atoms with Gasteiger partial charge in [0.15, 0.2) is 0 Å². The van der Waals surface area contributed by atoms with Crippen molar-refractivity contribution in [2.24, 2.45) is 5.73 Å². The van der Waals surface area contributed by atoms with Gasteiger partial charge < -0.3 is 10.6 Å². The maximum atomic E-state index is 12.0. The zero-order valence-corrected chi connectivity index (χ0v) is 11.7. The Balaban J connectivity index is 1.96. The highest BCUT2D eigenvalue weighted by Crippen LogP contribution is 2.38. The van der Waals surface area contributed by atoms with Crippen molar-refractivity contribution in [3.05, 3.63) is 64.6 Å². The van der Waals surface area contributed by atoms with Gasteiger partial charge in [0.25, 0.3) is 0 Å². The Labute approximate surface area is 120 Å². The molecule has 0 spiro atoms. The SMILES string of the molecule is N[C@H]1C(=O)N(c2ccc(Br)cc2)[C@@H]1c1ccccc1. The zero-order chi connectivity index (χ0) is 13.4. The zero-order valence-electron chi connectivity index (χ0n) is 10.2. The second kappa shape index (κ2) is 4.79. The van der Waals surface area contributed by atoms with Gasteiger partial charge in [-0.1, -0.05) is 46.3 Å². The van der Waals surface area contributed by atoms with E-state index in [-0.39, 0.29) is 11.9 Å². The van der Waals surface area contributed by atoms with Gasteiger partial charge in [-0.3, -0.25) is 4.79 Å². The van der Waals surface area contributed by atoms with Crippen LogP contribution in [0.4, 0.5) is 5.69 Å². The normalized spacial score (nSPS) is 22.2. The Bertz CT molecular complexity index is 597. The minimum Gasteiger partial charge on any atom is -0.318 e. The van der Waals surface area contributed by atoms with Crippen LogP contribution in [0.3, 0.4) is 0 Å². The smallest absolute Gasteiger partial charge is 0.247 e. The van der Waals surface area contributed by atoms with Crippen molar-refractivity contribution in [3.8, 4) is 0 Å². The van der Waals surface area contributed by atoms with Crippen LogP contribution in [0.2, 0.25) is 0 Å². The van der Waals surface area contributed by atoms with Gasteiger partial charge in [-0.15, -0.1) is 0 Å². The number of hydrogen-bond acceptors (Lipinski definition) is 2. The first kappa shape index (κ1) is 12.4. The van der Waals surface area contributed by atoms with Crippen molar-refractivity contribution in [3.63, 3.8) is 0 Å². The molecule has 1 amide bonds. The minimum absolute atomic E-state index is 0.0313. The lowest BCUT2D eigenvalue weighted by atomic mass is 9.88. The molecule has 0 aromatic heterocycles. The maximum Gasteiger partial charge on any atom is 0.247 e. The van der Waals surface area contributed by atoms with E-state index in [0.29, 0.717) is 0 Å². The summed E-state index contributed by atoms with van der Waals surface area (Å²) in [7, 11) is 0. The third-order valence-corrected chi connectivity index (χ3v) is 3.92. The molecule has 2 aromatic rings. The maximum absolute atomic E-state index is 12.0. The third kappa shape index (κ3) is 2.07. The Morgan fingerprint density at radius 2 is 1.63 bits per heavy atom. The lowest BCUT2D eigenvalue weighted by molar-refractivity contribution is -0.126. The summed E-state index contributed by atoms with van der Waals surface area (Å²) >= 11 is 3.39. The summed E-state index contributed by atoms with van der Waals surface area (Å²) in [4.78, 5) is 13.8. The fraction of sp³-hybridized carbons (Fsp3) is 0.133. The predicted molar refractivity (Wildman–Crippen MR) is 78.8 cm³/mol. The molecule has 1 saturated heterocycles. The molecule has 4 heteroatoms. The van der Waals surface area contributed by atoms with Gasteiger partial charge in [0.05, 0.1) is 6.04 Å². The molecule has 1 aliphatic rings. The number of halogens is 1. The molecule has 0 bridgehead atoms. The summed E-state index contributed by atoms with van der Waals surface area (Å²) < 4.78 is 0.991. The minimum atomic E-state index is -0.453. The van der Waals surface area contributed by atoms with Crippen LogP contribution in [0.25, 0.3) is 0 Å². The Morgan fingerprint density at radius 1 is 1.00 bits per heavy atom. The van der Waals surface area contributed by atoms with Crippen molar-refractivity contribution < 1.29 is 4.79 Å². The molecular formula is C15H13BrN2O. The van der Waals surface area contributed by atoms with Gasteiger partial charge in [-0.2, -0.15) is 0 Å². The van der Waals surface area contributed by atoms with Crippen molar-refractivity contribution in [1.82, 2.24) is 0 Å². The summed E-state index contributed by atoms with van der Waals surface area (Å²) in [5.41, 5.74) is 7.90. The van der Waals surface area contributed by atoms with E-state index in [2.05, 4.69) is 15.9 Å². The second-order valence-corrected chi connectivity index (χ2v) is 5.48. The highest BCUT2D eigenvalue weighted by molar-refractivity contribution is 9.10. The molecule has 1 heterocycles. The highest BCUT2D eigenvalue weighted by atomic mass is 79.9. The Morgan fingerprint density at radius 3 is 2.26 bits per heavy atom. The first-order valence-corrected chi connectivity index (χ1v) is 6.87. The number of anilines is 1. The fourth-order valence-electron chi connectivity index (χ4n) is 2.41. The van der Waals surface area contributed by atoms with Crippen molar-refractivity contribution in [2.75, 3.05) is 4.90 Å². The lowest BCUT2D eigenvalue weighted by Gasteiger charge is -2.45. The predicted octanol–water partition coefficient (Wildman–Crippen LogP) is 2.86. The van der Waals surface area contributed by atoms with E-state index in [0.717, 1.165) is 15.7 Å². The van der Waals surface area contributed by atoms with Crippen LogP contribution in [0.15, 0.2) is 59.1 Å². The summed E-state index contributed by atoms with van der Waals surface area (Å²) in [6, 6.07) is 17.1. The number of hydrogen-bond donors (Lipinski definition) is 1. The number of nitrogens with zero attached hydrogens (tertiary/aromatic N) is 1. The molecule has 3 rings (SSSR count).